The lowest BCUT2D eigenvalue weighted by Crippen LogP contribution is -2.12. The number of nitrogens with two attached hydrogens (primary N) is 1. The Balaban J connectivity index is 2.34. The van der Waals surface area contributed by atoms with Crippen LogP contribution in [-0.4, -0.2) is 5.11 Å². The zero-order chi connectivity index (χ0) is 11.9. The summed E-state index contributed by atoms with van der Waals surface area (Å²) in [7, 11) is 0. The van der Waals surface area contributed by atoms with Crippen molar-refractivity contribution in [3.63, 3.8) is 0 Å². The smallest absolute Gasteiger partial charge is 0.144 e. The molecular weight excluding hydrogens is 402 g/mol. The van der Waals surface area contributed by atoms with Crippen LogP contribution in [0, 0.1) is 5.92 Å². The molecule has 1 atom stereocenters. The third kappa shape index (κ3) is 2.63. The molecule has 0 unspecified atom stereocenters. The molecule has 1 aromatic carbocycles. The molecule has 0 spiro atoms. The monoisotopic (exact) mass is 411 g/mol. The van der Waals surface area contributed by atoms with Crippen LogP contribution in [0.3, 0.4) is 0 Å². The van der Waals surface area contributed by atoms with Gasteiger partial charge in [0.1, 0.15) is 5.75 Å². The van der Waals surface area contributed by atoms with Crippen molar-refractivity contribution in [1.82, 2.24) is 0 Å². The Kier molecular flexibility index (Phi) is 3.99. The van der Waals surface area contributed by atoms with Gasteiger partial charge in [0, 0.05) is 16.1 Å². The number of benzene rings is 1. The van der Waals surface area contributed by atoms with Crippen LogP contribution < -0.4 is 5.73 Å². The Labute approximate surface area is 120 Å². The van der Waals surface area contributed by atoms with Gasteiger partial charge in [-0.2, -0.15) is 0 Å². The van der Waals surface area contributed by atoms with Gasteiger partial charge in [-0.05, 0) is 50.3 Å². The number of phenols is 1. The lowest BCUT2D eigenvalue weighted by molar-refractivity contribution is 0.465. The molecule has 1 aliphatic rings. The Hall–Kier alpha value is 0.420. The summed E-state index contributed by atoms with van der Waals surface area (Å²) in [6, 6.07) is 1.80. The topological polar surface area (TPSA) is 46.2 Å². The van der Waals surface area contributed by atoms with Gasteiger partial charge in [0.05, 0.1) is 8.95 Å². The molecule has 0 radical (unpaired) electrons. The normalized spacial score (nSPS) is 17.5. The molecule has 2 rings (SSSR count). The summed E-state index contributed by atoms with van der Waals surface area (Å²) >= 11 is 10.2. The summed E-state index contributed by atoms with van der Waals surface area (Å²) in [6.45, 7) is 0. The number of phenolic OH excluding ortho intramolecular Hbond substituents is 1. The second-order valence-corrected chi connectivity index (χ2v) is 6.70. The first-order valence-corrected chi connectivity index (χ1v) is 7.50. The molecular formula is C11H12Br3NO. The first-order chi connectivity index (χ1) is 7.50. The van der Waals surface area contributed by atoms with Crippen molar-refractivity contribution < 1.29 is 5.11 Å². The van der Waals surface area contributed by atoms with E-state index in [0.29, 0.717) is 8.95 Å². The van der Waals surface area contributed by atoms with Crippen LogP contribution >= 0.6 is 47.8 Å². The summed E-state index contributed by atoms with van der Waals surface area (Å²) in [5, 5.41) is 9.84. The van der Waals surface area contributed by atoms with Crippen LogP contribution in [0.15, 0.2) is 19.5 Å². The Morgan fingerprint density at radius 3 is 2.50 bits per heavy atom. The molecule has 1 aliphatic carbocycles. The van der Waals surface area contributed by atoms with E-state index in [2.05, 4.69) is 47.8 Å². The molecule has 0 heterocycles. The lowest BCUT2D eigenvalue weighted by Gasteiger charge is -2.17. The predicted molar refractivity (Wildman–Crippen MR) is 75.5 cm³/mol. The van der Waals surface area contributed by atoms with E-state index in [1.54, 1.807) is 0 Å². The molecule has 3 N–H and O–H groups in total. The Bertz CT molecular complexity index is 418. The van der Waals surface area contributed by atoms with Gasteiger partial charge in [0.25, 0.3) is 0 Å². The highest BCUT2D eigenvalue weighted by molar-refractivity contribution is 9.11. The fourth-order valence-electron chi connectivity index (χ4n) is 1.77. The van der Waals surface area contributed by atoms with E-state index in [1.807, 2.05) is 6.07 Å². The van der Waals surface area contributed by atoms with Gasteiger partial charge >= 0.3 is 0 Å². The number of rotatable bonds is 3. The molecule has 1 saturated carbocycles. The number of hydrogen-bond acceptors (Lipinski definition) is 2. The van der Waals surface area contributed by atoms with Gasteiger partial charge in [-0.25, -0.2) is 0 Å². The molecule has 0 bridgehead atoms. The summed E-state index contributed by atoms with van der Waals surface area (Å²) < 4.78 is 2.27. The van der Waals surface area contributed by atoms with E-state index in [4.69, 9.17) is 5.73 Å². The van der Waals surface area contributed by atoms with Crippen LogP contribution in [0.1, 0.15) is 30.9 Å². The lowest BCUT2D eigenvalue weighted by atomic mass is 10.0. The summed E-state index contributed by atoms with van der Waals surface area (Å²) in [5.74, 6) is 0.976. The molecule has 1 fully saturated rings. The van der Waals surface area contributed by atoms with Gasteiger partial charge in [0.2, 0.25) is 0 Å². The van der Waals surface area contributed by atoms with Crippen molar-refractivity contribution >= 4 is 47.8 Å². The van der Waals surface area contributed by atoms with Crippen LogP contribution in [0.2, 0.25) is 0 Å². The van der Waals surface area contributed by atoms with E-state index < -0.39 is 0 Å². The Morgan fingerprint density at radius 2 is 1.94 bits per heavy atom. The minimum Gasteiger partial charge on any atom is -0.506 e. The largest absolute Gasteiger partial charge is 0.506 e. The average molecular weight is 414 g/mol. The first-order valence-electron chi connectivity index (χ1n) is 5.12. The van der Waals surface area contributed by atoms with E-state index in [1.165, 1.54) is 12.8 Å². The molecule has 16 heavy (non-hydrogen) atoms. The van der Waals surface area contributed by atoms with Crippen LogP contribution in [0.5, 0.6) is 5.75 Å². The minimum absolute atomic E-state index is 0.0322. The third-order valence-electron chi connectivity index (χ3n) is 2.84. The molecule has 0 saturated heterocycles. The minimum atomic E-state index is -0.0322. The van der Waals surface area contributed by atoms with E-state index in [0.717, 1.165) is 22.4 Å². The summed E-state index contributed by atoms with van der Waals surface area (Å²) in [5.41, 5.74) is 7.12. The highest BCUT2D eigenvalue weighted by Gasteiger charge is 2.27. The fraction of sp³-hybridized carbons (Fsp3) is 0.455. The number of halogens is 3. The predicted octanol–water partition coefficient (Wildman–Crippen LogP) is 4.48. The molecule has 2 nitrogen and oxygen atoms in total. The van der Waals surface area contributed by atoms with Crippen molar-refractivity contribution in [2.45, 2.75) is 25.3 Å². The quantitative estimate of drug-likeness (QED) is 0.767. The second-order valence-electron chi connectivity index (χ2n) is 4.20. The average Bonchev–Trinajstić information content (AvgIpc) is 2.98. The zero-order valence-electron chi connectivity index (χ0n) is 8.51. The summed E-state index contributed by atoms with van der Waals surface area (Å²) in [4.78, 5) is 0. The van der Waals surface area contributed by atoms with Crippen molar-refractivity contribution in [3.05, 3.63) is 25.0 Å². The fourth-order valence-corrected chi connectivity index (χ4v) is 4.47. The van der Waals surface area contributed by atoms with Crippen molar-refractivity contribution in [3.8, 4) is 5.75 Å². The third-order valence-corrected chi connectivity index (χ3v) is 4.90. The van der Waals surface area contributed by atoms with Gasteiger partial charge in [-0.3, -0.25) is 0 Å². The van der Waals surface area contributed by atoms with E-state index >= 15 is 0 Å². The Morgan fingerprint density at radius 1 is 1.31 bits per heavy atom. The first kappa shape index (κ1) is 12.9. The molecule has 0 aromatic heterocycles. The maximum absolute atomic E-state index is 9.84. The van der Waals surface area contributed by atoms with Gasteiger partial charge in [-0.1, -0.05) is 28.8 Å². The van der Waals surface area contributed by atoms with Gasteiger partial charge < -0.3 is 10.8 Å². The van der Waals surface area contributed by atoms with Crippen molar-refractivity contribution in [2.75, 3.05) is 0 Å². The van der Waals surface area contributed by atoms with Crippen LogP contribution in [-0.2, 0) is 0 Å². The van der Waals surface area contributed by atoms with Crippen molar-refractivity contribution in [1.29, 1.82) is 0 Å². The standard InChI is InChI=1S/C11H12Br3NO/c12-6-4-7(13)11(16)10(14)9(6)8(15)3-5-1-2-5/h4-5,8,16H,1-3,15H2/t8-/m0/s1. The zero-order valence-corrected chi connectivity index (χ0v) is 13.3. The van der Waals surface area contributed by atoms with Crippen LogP contribution in [0.4, 0.5) is 0 Å². The molecule has 88 valence electrons. The number of hydrogen-bond donors (Lipinski definition) is 2. The molecule has 5 heteroatoms. The number of aromatic hydroxyl groups is 1. The highest BCUT2D eigenvalue weighted by Crippen LogP contribution is 2.45. The summed E-state index contributed by atoms with van der Waals surface area (Å²) in [6.07, 6.45) is 3.55. The van der Waals surface area contributed by atoms with Gasteiger partial charge in [-0.15, -0.1) is 0 Å². The second kappa shape index (κ2) is 4.96. The van der Waals surface area contributed by atoms with Crippen LogP contribution in [0.25, 0.3) is 0 Å². The highest BCUT2D eigenvalue weighted by atomic mass is 79.9. The molecule has 1 aromatic rings. The molecule has 0 amide bonds. The van der Waals surface area contributed by atoms with Gasteiger partial charge in [0.15, 0.2) is 0 Å². The maximum atomic E-state index is 9.84. The van der Waals surface area contributed by atoms with E-state index in [-0.39, 0.29) is 11.8 Å². The maximum Gasteiger partial charge on any atom is 0.144 e. The molecule has 0 aliphatic heterocycles. The van der Waals surface area contributed by atoms with Crippen molar-refractivity contribution in [2.24, 2.45) is 11.7 Å². The van der Waals surface area contributed by atoms with E-state index in [9.17, 15) is 5.11 Å². The SMILES string of the molecule is N[C@@H](CC1CC1)c1c(Br)cc(Br)c(O)c1Br.